The molecule has 44 valence electrons. The van der Waals surface area contributed by atoms with Gasteiger partial charge in [-0.25, -0.2) is 0 Å². The third-order valence-corrected chi connectivity index (χ3v) is 1.34. The van der Waals surface area contributed by atoms with Gasteiger partial charge < -0.3 is 4.74 Å². The first-order chi connectivity index (χ1) is 3.31. The molecule has 0 saturated carbocycles. The molecule has 1 unspecified atom stereocenters. The molecule has 0 rings (SSSR count). The van der Waals surface area contributed by atoms with E-state index in [1.54, 1.807) is 7.11 Å². The van der Waals surface area contributed by atoms with Crippen LogP contribution < -0.4 is 0 Å². The predicted molar refractivity (Wildman–Crippen MR) is 34.9 cm³/mol. The highest BCUT2D eigenvalue weighted by Gasteiger charge is 1.94. The van der Waals surface area contributed by atoms with E-state index in [4.69, 9.17) is 4.74 Å². The molecule has 1 nitrogen and oxygen atoms in total. The Morgan fingerprint density at radius 2 is 2.29 bits per heavy atom. The minimum Gasteiger partial charge on any atom is -0.384 e. The third kappa shape index (κ3) is 4.16. The van der Waals surface area contributed by atoms with Gasteiger partial charge in [-0.2, -0.15) is 12.6 Å². The number of hydrogen-bond donors (Lipinski definition) is 1. The van der Waals surface area contributed by atoms with Gasteiger partial charge in [0.15, 0.2) is 0 Å². The molecule has 0 heterocycles. The van der Waals surface area contributed by atoms with Crippen molar-refractivity contribution >= 4 is 12.6 Å². The van der Waals surface area contributed by atoms with Gasteiger partial charge in [0.05, 0.1) is 6.61 Å². The van der Waals surface area contributed by atoms with Crippen LogP contribution >= 0.6 is 12.6 Å². The van der Waals surface area contributed by atoms with E-state index in [-0.39, 0.29) is 0 Å². The maximum absolute atomic E-state index is 4.82. The number of hydrogen-bond acceptors (Lipinski definition) is 2. The van der Waals surface area contributed by atoms with Crippen molar-refractivity contribution in [3.05, 3.63) is 0 Å². The van der Waals surface area contributed by atoms with Crippen LogP contribution in [0.5, 0.6) is 0 Å². The van der Waals surface area contributed by atoms with Gasteiger partial charge in [-0.05, 0) is 6.42 Å². The fraction of sp³-hybridized carbons (Fsp3) is 1.00. The molecule has 0 radical (unpaired) electrons. The quantitative estimate of drug-likeness (QED) is 0.553. The summed E-state index contributed by atoms with van der Waals surface area (Å²) in [6.07, 6.45) is 1.08. The number of rotatable bonds is 3. The van der Waals surface area contributed by atoms with Gasteiger partial charge in [0.1, 0.15) is 0 Å². The van der Waals surface area contributed by atoms with Gasteiger partial charge in [-0.1, -0.05) is 6.92 Å². The lowest BCUT2D eigenvalue weighted by Gasteiger charge is -2.02. The maximum Gasteiger partial charge on any atom is 0.0578 e. The fourth-order valence-electron chi connectivity index (χ4n) is 0.310. The molecule has 0 N–H and O–H groups in total. The summed E-state index contributed by atoms with van der Waals surface area (Å²) in [6.45, 7) is 2.86. The van der Waals surface area contributed by atoms with Crippen molar-refractivity contribution in [3.63, 3.8) is 0 Å². The highest BCUT2D eigenvalue weighted by Crippen LogP contribution is 1.98. The second kappa shape index (κ2) is 4.47. The summed E-state index contributed by atoms with van der Waals surface area (Å²) in [5.74, 6) is 0. The lowest BCUT2D eigenvalue weighted by Crippen LogP contribution is -2.04. The molecule has 0 bridgehead atoms. The van der Waals surface area contributed by atoms with Gasteiger partial charge in [-0.15, -0.1) is 0 Å². The molecule has 0 amide bonds. The zero-order chi connectivity index (χ0) is 5.70. The van der Waals surface area contributed by atoms with Crippen molar-refractivity contribution in [2.45, 2.75) is 18.6 Å². The van der Waals surface area contributed by atoms with Crippen molar-refractivity contribution in [1.29, 1.82) is 0 Å². The normalized spacial score (nSPS) is 14.1. The van der Waals surface area contributed by atoms with Gasteiger partial charge >= 0.3 is 0 Å². The van der Waals surface area contributed by atoms with Crippen molar-refractivity contribution < 1.29 is 4.74 Å². The van der Waals surface area contributed by atoms with E-state index in [2.05, 4.69) is 19.6 Å². The fourth-order valence-corrected chi connectivity index (χ4v) is 0.459. The molecule has 0 saturated heterocycles. The summed E-state index contributed by atoms with van der Waals surface area (Å²) in [6, 6.07) is 0. The van der Waals surface area contributed by atoms with Crippen molar-refractivity contribution in [3.8, 4) is 0 Å². The maximum atomic E-state index is 4.82. The van der Waals surface area contributed by atoms with E-state index in [0.29, 0.717) is 5.25 Å². The number of thiol groups is 1. The summed E-state index contributed by atoms with van der Waals surface area (Å²) in [7, 11) is 1.69. The van der Waals surface area contributed by atoms with Crippen LogP contribution in [0.1, 0.15) is 13.3 Å². The lowest BCUT2D eigenvalue weighted by atomic mass is 10.3. The van der Waals surface area contributed by atoms with Crippen LogP contribution in [0, 0.1) is 0 Å². The van der Waals surface area contributed by atoms with Crippen molar-refractivity contribution in [2.24, 2.45) is 0 Å². The second-order valence-electron chi connectivity index (χ2n) is 1.52. The van der Waals surface area contributed by atoms with Crippen LogP contribution in [0.2, 0.25) is 0 Å². The number of ether oxygens (including phenoxy) is 1. The second-order valence-corrected chi connectivity index (χ2v) is 2.25. The Morgan fingerprint density at radius 1 is 1.71 bits per heavy atom. The highest BCUT2D eigenvalue weighted by molar-refractivity contribution is 7.81. The highest BCUT2D eigenvalue weighted by atomic mass is 32.1. The Bertz CT molecular complexity index is 39.1. The van der Waals surface area contributed by atoms with E-state index in [1.807, 2.05) is 0 Å². The topological polar surface area (TPSA) is 9.23 Å². The molecule has 0 aromatic rings. The monoisotopic (exact) mass is 120 g/mol. The van der Waals surface area contributed by atoms with Crippen molar-refractivity contribution in [2.75, 3.05) is 13.7 Å². The van der Waals surface area contributed by atoms with Gasteiger partial charge in [0, 0.05) is 12.4 Å². The lowest BCUT2D eigenvalue weighted by molar-refractivity contribution is 0.199. The van der Waals surface area contributed by atoms with E-state index in [9.17, 15) is 0 Å². The molecule has 2 heteroatoms. The largest absolute Gasteiger partial charge is 0.384 e. The van der Waals surface area contributed by atoms with Crippen LogP contribution in [-0.4, -0.2) is 19.0 Å². The smallest absolute Gasteiger partial charge is 0.0578 e. The summed E-state index contributed by atoms with van der Waals surface area (Å²) >= 11 is 4.19. The average Bonchev–Trinajstić information content (AvgIpc) is 1.68. The molecular weight excluding hydrogens is 108 g/mol. The van der Waals surface area contributed by atoms with Gasteiger partial charge in [0.2, 0.25) is 0 Å². The van der Waals surface area contributed by atoms with E-state index < -0.39 is 0 Å². The standard InChI is InChI=1S/C5H12OS/c1-3-5(7)4-6-2/h5,7H,3-4H2,1-2H3. The van der Waals surface area contributed by atoms with Gasteiger partial charge in [-0.3, -0.25) is 0 Å². The van der Waals surface area contributed by atoms with Crippen molar-refractivity contribution in [1.82, 2.24) is 0 Å². The minimum atomic E-state index is 0.421. The van der Waals surface area contributed by atoms with Gasteiger partial charge in [0.25, 0.3) is 0 Å². The predicted octanol–water partition coefficient (Wildman–Crippen LogP) is 1.34. The molecule has 7 heavy (non-hydrogen) atoms. The summed E-state index contributed by atoms with van der Waals surface area (Å²) in [5.41, 5.74) is 0. The SMILES string of the molecule is CCC(S)COC. The summed E-state index contributed by atoms with van der Waals surface area (Å²) in [4.78, 5) is 0. The van der Waals surface area contributed by atoms with Crippen LogP contribution in [-0.2, 0) is 4.74 Å². The molecule has 0 fully saturated rings. The van der Waals surface area contributed by atoms with Crippen LogP contribution in [0.4, 0.5) is 0 Å². The molecule has 0 aliphatic rings. The van der Waals surface area contributed by atoms with E-state index in [0.717, 1.165) is 13.0 Å². The van der Waals surface area contributed by atoms with E-state index in [1.165, 1.54) is 0 Å². The molecule has 0 aromatic heterocycles. The first-order valence-electron chi connectivity index (χ1n) is 2.48. The zero-order valence-corrected chi connectivity index (χ0v) is 5.74. The number of methoxy groups -OCH3 is 1. The summed E-state index contributed by atoms with van der Waals surface area (Å²) in [5, 5.41) is 0.421. The van der Waals surface area contributed by atoms with E-state index >= 15 is 0 Å². The molecule has 0 spiro atoms. The third-order valence-electron chi connectivity index (χ3n) is 0.830. The first-order valence-corrected chi connectivity index (χ1v) is 3.00. The van der Waals surface area contributed by atoms with Crippen LogP contribution in [0.3, 0.4) is 0 Å². The Kier molecular flexibility index (Phi) is 4.67. The Hall–Kier alpha value is 0.310. The minimum absolute atomic E-state index is 0.421. The first kappa shape index (κ1) is 7.31. The molecule has 1 atom stereocenters. The zero-order valence-electron chi connectivity index (χ0n) is 4.85. The Labute approximate surface area is 50.5 Å². The van der Waals surface area contributed by atoms with Crippen LogP contribution in [0.15, 0.2) is 0 Å². The molecule has 0 aliphatic heterocycles. The van der Waals surface area contributed by atoms with Crippen LogP contribution in [0.25, 0.3) is 0 Å². The molecule has 0 aromatic carbocycles. The molecule has 0 aliphatic carbocycles. The summed E-state index contributed by atoms with van der Waals surface area (Å²) < 4.78 is 4.82. The Balaban J connectivity index is 2.83. The molecular formula is C5H12OS. The average molecular weight is 120 g/mol. The Morgan fingerprint density at radius 3 is 2.43 bits per heavy atom.